The Morgan fingerprint density at radius 3 is 2.68 bits per heavy atom. The summed E-state index contributed by atoms with van der Waals surface area (Å²) >= 11 is 0. The van der Waals surface area contributed by atoms with Crippen molar-refractivity contribution < 1.29 is 13.5 Å². The minimum absolute atomic E-state index is 0.267. The topological polar surface area (TPSA) is 75.4 Å². The molecule has 0 spiro atoms. The van der Waals surface area contributed by atoms with Crippen LogP contribution in [-0.4, -0.2) is 47.3 Å². The van der Waals surface area contributed by atoms with E-state index >= 15 is 0 Å². The first-order chi connectivity index (χ1) is 10.4. The van der Waals surface area contributed by atoms with E-state index in [0.29, 0.717) is 13.1 Å². The first-order valence-corrected chi connectivity index (χ1v) is 9.03. The van der Waals surface area contributed by atoms with Crippen molar-refractivity contribution in [2.75, 3.05) is 19.3 Å². The van der Waals surface area contributed by atoms with Crippen LogP contribution >= 0.6 is 0 Å². The number of hydrogen-bond acceptors (Lipinski definition) is 5. The van der Waals surface area contributed by atoms with Crippen LogP contribution in [-0.2, 0) is 22.9 Å². The summed E-state index contributed by atoms with van der Waals surface area (Å²) in [5.74, 6) is 1.01. The fourth-order valence-electron chi connectivity index (χ4n) is 2.67. The maximum atomic E-state index is 11.4. The van der Waals surface area contributed by atoms with Gasteiger partial charge in [0.15, 0.2) is 9.84 Å². The molecular formula is C15H19N3O3S. The quantitative estimate of drug-likeness (QED) is 0.903. The normalized spacial score (nSPS) is 17.2. The third-order valence-electron chi connectivity index (χ3n) is 3.95. The number of sulfone groups is 1. The van der Waals surface area contributed by atoms with Gasteiger partial charge in [0.05, 0.1) is 17.5 Å². The molecule has 0 saturated carbocycles. The van der Waals surface area contributed by atoms with Gasteiger partial charge in [-0.05, 0) is 17.7 Å². The number of aliphatic hydroxyl groups is 1. The van der Waals surface area contributed by atoms with Crippen LogP contribution in [0.5, 0.6) is 0 Å². The molecule has 7 heteroatoms. The van der Waals surface area contributed by atoms with Crippen molar-refractivity contribution in [3.63, 3.8) is 0 Å². The Kier molecular flexibility index (Phi) is 4.03. The first kappa shape index (κ1) is 15.2. The number of imidazole rings is 1. The Morgan fingerprint density at radius 1 is 1.27 bits per heavy atom. The molecule has 2 aromatic rings. The number of aromatic nitrogens is 2. The minimum Gasteiger partial charge on any atom is -0.387 e. The van der Waals surface area contributed by atoms with Crippen molar-refractivity contribution in [3.05, 3.63) is 48.0 Å². The van der Waals surface area contributed by atoms with Gasteiger partial charge >= 0.3 is 0 Å². The highest BCUT2D eigenvalue weighted by Gasteiger charge is 2.20. The molecule has 1 unspecified atom stereocenters. The van der Waals surface area contributed by atoms with E-state index in [2.05, 4.69) is 14.5 Å². The van der Waals surface area contributed by atoms with E-state index in [9.17, 15) is 13.5 Å². The number of hydrogen-bond donors (Lipinski definition) is 1. The van der Waals surface area contributed by atoms with Gasteiger partial charge < -0.3 is 9.67 Å². The van der Waals surface area contributed by atoms with E-state index < -0.39 is 15.9 Å². The predicted molar refractivity (Wildman–Crippen MR) is 82.0 cm³/mol. The van der Waals surface area contributed by atoms with E-state index in [1.807, 2.05) is 6.20 Å². The van der Waals surface area contributed by atoms with Gasteiger partial charge in [-0.2, -0.15) is 0 Å². The highest BCUT2D eigenvalue weighted by molar-refractivity contribution is 7.90. The summed E-state index contributed by atoms with van der Waals surface area (Å²) in [5.41, 5.74) is 0.723. The lowest BCUT2D eigenvalue weighted by Gasteiger charge is -2.29. The van der Waals surface area contributed by atoms with Crippen molar-refractivity contribution in [2.24, 2.45) is 0 Å². The van der Waals surface area contributed by atoms with Crippen molar-refractivity contribution in [3.8, 4) is 0 Å². The van der Waals surface area contributed by atoms with E-state index in [0.717, 1.165) is 24.5 Å². The van der Waals surface area contributed by atoms with Crippen LogP contribution in [0, 0.1) is 0 Å². The Morgan fingerprint density at radius 2 is 2.00 bits per heavy atom. The molecule has 1 aliphatic rings. The lowest BCUT2D eigenvalue weighted by Crippen LogP contribution is -2.36. The van der Waals surface area contributed by atoms with Crippen LogP contribution in [0.15, 0.2) is 41.6 Å². The summed E-state index contributed by atoms with van der Waals surface area (Å²) in [6, 6.07) is 6.42. The Bertz CT molecular complexity index is 753. The van der Waals surface area contributed by atoms with Crippen molar-refractivity contribution >= 4 is 9.84 Å². The monoisotopic (exact) mass is 321 g/mol. The number of benzene rings is 1. The van der Waals surface area contributed by atoms with Crippen LogP contribution in [0.1, 0.15) is 17.5 Å². The molecule has 0 amide bonds. The van der Waals surface area contributed by atoms with Crippen molar-refractivity contribution in [2.45, 2.75) is 24.1 Å². The largest absolute Gasteiger partial charge is 0.387 e. The van der Waals surface area contributed by atoms with Gasteiger partial charge in [0, 0.05) is 38.3 Å². The second-order valence-electron chi connectivity index (χ2n) is 5.63. The first-order valence-electron chi connectivity index (χ1n) is 7.14. The van der Waals surface area contributed by atoms with Gasteiger partial charge in [0.2, 0.25) is 0 Å². The lowest BCUT2D eigenvalue weighted by atomic mass is 10.1. The summed E-state index contributed by atoms with van der Waals surface area (Å²) < 4.78 is 25.0. The van der Waals surface area contributed by atoms with Crippen LogP contribution in [0.2, 0.25) is 0 Å². The molecule has 2 heterocycles. The molecule has 0 fully saturated rings. The summed E-state index contributed by atoms with van der Waals surface area (Å²) in [6.07, 6.45) is 4.29. The summed E-state index contributed by atoms with van der Waals surface area (Å²) in [5, 5.41) is 10.3. The summed E-state index contributed by atoms with van der Waals surface area (Å²) in [4.78, 5) is 6.72. The Hall–Kier alpha value is -1.70. The highest BCUT2D eigenvalue weighted by atomic mass is 32.2. The van der Waals surface area contributed by atoms with Gasteiger partial charge in [-0.3, -0.25) is 4.90 Å². The average Bonchev–Trinajstić information content (AvgIpc) is 2.94. The molecule has 3 rings (SSSR count). The smallest absolute Gasteiger partial charge is 0.175 e. The van der Waals surface area contributed by atoms with Gasteiger partial charge in [0.25, 0.3) is 0 Å². The van der Waals surface area contributed by atoms with Gasteiger partial charge in [-0.15, -0.1) is 0 Å². The number of rotatable bonds is 4. The molecule has 1 atom stereocenters. The molecule has 0 saturated heterocycles. The molecule has 0 bridgehead atoms. The number of aliphatic hydroxyl groups excluding tert-OH is 1. The zero-order chi connectivity index (χ0) is 15.7. The predicted octanol–water partition coefficient (Wildman–Crippen LogP) is 0.836. The number of fused-ring (bicyclic) bond motifs is 1. The standard InChI is InChI=1S/C15H19N3O3S/c1-22(20,21)13-4-2-12(3-5-13)14(19)10-17-8-9-18-7-6-16-15(18)11-17/h2-7,14,19H,8-11H2,1H3. The van der Waals surface area contributed by atoms with E-state index in [4.69, 9.17) is 0 Å². The van der Waals surface area contributed by atoms with Crippen LogP contribution in [0.25, 0.3) is 0 Å². The molecule has 6 nitrogen and oxygen atoms in total. The maximum Gasteiger partial charge on any atom is 0.175 e. The average molecular weight is 321 g/mol. The summed E-state index contributed by atoms with van der Waals surface area (Å²) in [6.45, 7) is 2.95. The molecule has 118 valence electrons. The second-order valence-corrected chi connectivity index (χ2v) is 7.64. The van der Waals surface area contributed by atoms with Gasteiger partial charge in [-0.25, -0.2) is 13.4 Å². The summed E-state index contributed by atoms with van der Waals surface area (Å²) in [7, 11) is -3.20. The molecule has 22 heavy (non-hydrogen) atoms. The van der Waals surface area contributed by atoms with Crippen molar-refractivity contribution in [1.29, 1.82) is 0 Å². The Labute approximate surface area is 129 Å². The fraction of sp³-hybridized carbons (Fsp3) is 0.400. The second kappa shape index (κ2) is 5.83. The highest BCUT2D eigenvalue weighted by Crippen LogP contribution is 2.19. The number of nitrogens with zero attached hydrogens (tertiary/aromatic N) is 3. The van der Waals surface area contributed by atoms with Crippen LogP contribution < -0.4 is 0 Å². The molecule has 1 aromatic heterocycles. The third-order valence-corrected chi connectivity index (χ3v) is 5.08. The SMILES string of the molecule is CS(=O)(=O)c1ccc(C(O)CN2CCn3ccnc3C2)cc1. The molecular weight excluding hydrogens is 302 g/mol. The van der Waals surface area contributed by atoms with E-state index in [1.165, 1.54) is 18.4 Å². The zero-order valence-electron chi connectivity index (χ0n) is 12.4. The third kappa shape index (κ3) is 3.21. The Balaban J connectivity index is 1.66. The molecule has 1 N–H and O–H groups in total. The molecule has 0 radical (unpaired) electrons. The molecule has 1 aromatic carbocycles. The lowest BCUT2D eigenvalue weighted by molar-refractivity contribution is 0.0962. The molecule has 0 aliphatic carbocycles. The zero-order valence-corrected chi connectivity index (χ0v) is 13.2. The number of β-amino-alcohol motifs (C(OH)–C–C–N with tert-alkyl or cyclic N) is 1. The maximum absolute atomic E-state index is 11.4. The van der Waals surface area contributed by atoms with E-state index in [1.54, 1.807) is 18.3 Å². The fourth-order valence-corrected chi connectivity index (χ4v) is 3.30. The van der Waals surface area contributed by atoms with Crippen LogP contribution in [0.4, 0.5) is 0 Å². The van der Waals surface area contributed by atoms with Gasteiger partial charge in [0.1, 0.15) is 5.82 Å². The van der Waals surface area contributed by atoms with Crippen molar-refractivity contribution in [1.82, 2.24) is 14.5 Å². The van der Waals surface area contributed by atoms with E-state index in [-0.39, 0.29) is 4.90 Å². The van der Waals surface area contributed by atoms with Crippen LogP contribution in [0.3, 0.4) is 0 Å². The minimum atomic E-state index is -3.20. The van der Waals surface area contributed by atoms with Gasteiger partial charge in [-0.1, -0.05) is 12.1 Å². The molecule has 1 aliphatic heterocycles.